The quantitative estimate of drug-likeness (QED) is 0.146. The Hall–Kier alpha value is -0.392. The maximum Gasteiger partial charge on any atom is 0.672 e. The molecule has 0 aromatic heterocycles. The van der Waals surface area contributed by atoms with Crippen molar-refractivity contribution >= 4 is 41.1 Å². The van der Waals surface area contributed by atoms with Crippen LogP contribution in [0.3, 0.4) is 0 Å². The summed E-state index contributed by atoms with van der Waals surface area (Å²) in [4.78, 5) is 0. The van der Waals surface area contributed by atoms with Crippen molar-refractivity contribution in [3.05, 3.63) is 30.3 Å². The fourth-order valence-corrected chi connectivity index (χ4v) is 17.2. The zero-order valence-corrected chi connectivity index (χ0v) is 29.6. The molecular weight excluding hydrogens is 593 g/mol. The van der Waals surface area contributed by atoms with Gasteiger partial charge in [0.2, 0.25) is 0 Å². The smallest absolute Gasteiger partial charge is 0.352 e. The topological polar surface area (TPSA) is 111 Å². The number of benzene rings is 1. The molecule has 0 aliphatic heterocycles. The van der Waals surface area contributed by atoms with Crippen LogP contribution in [0.15, 0.2) is 30.3 Å². The summed E-state index contributed by atoms with van der Waals surface area (Å²) < 4.78 is 75.6. The molecule has 16 heteroatoms. The van der Waals surface area contributed by atoms with Gasteiger partial charge in [-0.2, -0.15) is 0 Å². The van der Waals surface area contributed by atoms with Crippen LogP contribution in [-0.4, -0.2) is 95.4 Å². The third-order valence-corrected chi connectivity index (χ3v) is 17.8. The van der Waals surface area contributed by atoms with Crippen molar-refractivity contribution in [3.63, 3.8) is 0 Å². The summed E-state index contributed by atoms with van der Waals surface area (Å²) in [6.45, 7) is 18.7. The van der Waals surface area contributed by atoms with Crippen molar-refractivity contribution in [2.24, 2.45) is 0 Å². The maximum absolute atomic E-state index is 6.88. The van der Waals surface area contributed by atoms with Gasteiger partial charge in [-0.25, -0.2) is 0 Å². The second kappa shape index (κ2) is 19.7. The van der Waals surface area contributed by atoms with E-state index in [9.17, 15) is 0 Å². The summed E-state index contributed by atoms with van der Waals surface area (Å²) in [6.07, 6.45) is 0. The van der Waals surface area contributed by atoms with Gasteiger partial charge in [-0.1, -0.05) is 30.3 Å². The lowest BCUT2D eigenvalue weighted by Gasteiger charge is -2.43. The van der Waals surface area contributed by atoms with E-state index in [4.69, 9.17) is 52.2 Å². The van der Waals surface area contributed by atoms with Crippen LogP contribution >= 0.6 is 0 Å². The molecule has 1 aromatic carbocycles. The van der Waals surface area contributed by atoms with Crippen LogP contribution in [0.5, 0.6) is 0 Å². The lowest BCUT2D eigenvalue weighted by atomic mass is 10.4. The molecule has 0 bridgehead atoms. The highest BCUT2D eigenvalue weighted by atomic mass is 28.5. The lowest BCUT2D eigenvalue weighted by molar-refractivity contribution is -0.0502. The highest BCUT2D eigenvalue weighted by Gasteiger charge is 2.68. The third-order valence-electron chi connectivity index (χ3n) is 4.80. The van der Waals surface area contributed by atoms with Gasteiger partial charge in [0.1, 0.15) is 0 Å². The summed E-state index contributed by atoms with van der Waals surface area (Å²) >= 11 is 0. The Morgan fingerprint density at radius 1 is 0.375 bits per heavy atom. The number of hydrogen-bond acceptors (Lipinski definition) is 12. The van der Waals surface area contributed by atoms with E-state index >= 15 is 0 Å². The summed E-state index contributed by atoms with van der Waals surface area (Å²) in [6, 6.07) is 9.20. The van der Waals surface area contributed by atoms with Crippen molar-refractivity contribution < 1.29 is 52.2 Å². The fourth-order valence-electron chi connectivity index (χ4n) is 3.61. The van der Waals surface area contributed by atoms with Gasteiger partial charge < -0.3 is 52.2 Å². The molecule has 0 spiro atoms. The SMILES string of the molecule is CCO[Si](OCC)(OCC)O[Si](O[Si](OCC)(OCC)OCC)(O[Si](OCC)(OCC)OCC)c1ccccc1. The van der Waals surface area contributed by atoms with E-state index in [0.29, 0.717) is 5.19 Å². The predicted octanol–water partition coefficient (Wildman–Crippen LogP) is 3.52. The Bertz CT molecular complexity index is 659. The summed E-state index contributed by atoms with van der Waals surface area (Å²) in [5, 5.41) is 0.540. The molecule has 0 aliphatic rings. The van der Waals surface area contributed by atoms with E-state index in [1.54, 1.807) is 0 Å². The van der Waals surface area contributed by atoms with Gasteiger partial charge in [0.25, 0.3) is 0 Å². The first kappa shape index (κ1) is 37.6. The molecule has 0 radical (unpaired) electrons. The van der Waals surface area contributed by atoms with E-state index in [1.165, 1.54) is 0 Å². The van der Waals surface area contributed by atoms with Crippen molar-refractivity contribution in [3.8, 4) is 0 Å². The Labute approximate surface area is 245 Å². The highest BCUT2D eigenvalue weighted by Crippen LogP contribution is 2.30. The zero-order chi connectivity index (χ0) is 30.0. The molecule has 0 fully saturated rings. The molecule has 0 heterocycles. The standard InChI is InChI=1S/C24H50O12Si4/c1-10-25-38(26-11-2,27-12-3)34-37(24-22-20-19-21-23-24,35-39(28-13-4,29-14-5)30-15-6)36-40(31-16-7,32-17-8)33-18-9/h19-23H,10-18H2,1-9H3. The van der Waals surface area contributed by atoms with E-state index < -0.39 is 35.9 Å². The Kier molecular flexibility index (Phi) is 18.6. The zero-order valence-electron chi connectivity index (χ0n) is 25.6. The van der Waals surface area contributed by atoms with Crippen molar-refractivity contribution in [2.45, 2.75) is 62.3 Å². The van der Waals surface area contributed by atoms with E-state index in [1.807, 2.05) is 92.6 Å². The largest absolute Gasteiger partial charge is 0.672 e. The average Bonchev–Trinajstić information content (AvgIpc) is 2.90. The molecule has 0 atom stereocenters. The molecule has 0 saturated heterocycles. The summed E-state index contributed by atoms with van der Waals surface area (Å²) in [5.74, 6) is 0. The molecule has 12 nitrogen and oxygen atoms in total. The van der Waals surface area contributed by atoms with Crippen molar-refractivity contribution in [1.29, 1.82) is 0 Å². The Morgan fingerprint density at radius 3 is 0.800 bits per heavy atom. The van der Waals surface area contributed by atoms with Gasteiger partial charge in [0.15, 0.2) is 0 Å². The fraction of sp³-hybridized carbons (Fsp3) is 0.750. The van der Waals surface area contributed by atoms with Crippen LogP contribution in [-0.2, 0) is 52.2 Å². The van der Waals surface area contributed by atoms with Crippen LogP contribution in [0.25, 0.3) is 0 Å². The molecule has 1 rings (SSSR count). The minimum Gasteiger partial charge on any atom is -0.352 e. The van der Waals surface area contributed by atoms with Crippen LogP contribution in [0.2, 0.25) is 0 Å². The molecule has 234 valence electrons. The number of rotatable bonds is 25. The number of hydrogen-bond donors (Lipinski definition) is 0. The van der Waals surface area contributed by atoms with Gasteiger partial charge in [0.05, 0.1) is 0 Å². The van der Waals surface area contributed by atoms with E-state index in [2.05, 4.69) is 0 Å². The lowest BCUT2D eigenvalue weighted by Crippen LogP contribution is -2.74. The summed E-state index contributed by atoms with van der Waals surface area (Å²) in [7, 11) is -16.1. The molecule has 0 amide bonds. The molecule has 0 aliphatic carbocycles. The highest BCUT2D eigenvalue weighted by molar-refractivity contribution is 6.90. The first-order chi connectivity index (χ1) is 19.3. The van der Waals surface area contributed by atoms with Gasteiger partial charge in [-0.3, -0.25) is 0 Å². The van der Waals surface area contributed by atoms with E-state index in [-0.39, 0.29) is 59.5 Å². The second-order valence-electron chi connectivity index (χ2n) is 7.63. The van der Waals surface area contributed by atoms with Crippen molar-refractivity contribution in [1.82, 2.24) is 0 Å². The van der Waals surface area contributed by atoms with Crippen molar-refractivity contribution in [2.75, 3.05) is 59.5 Å². The molecule has 1 aromatic rings. The summed E-state index contributed by atoms with van der Waals surface area (Å²) in [5.41, 5.74) is 0. The predicted molar refractivity (Wildman–Crippen MR) is 157 cm³/mol. The first-order valence-electron chi connectivity index (χ1n) is 14.2. The minimum atomic E-state index is -4.35. The van der Waals surface area contributed by atoms with Crippen LogP contribution in [0.1, 0.15) is 62.3 Å². The first-order valence-corrected chi connectivity index (χ1v) is 20.8. The second-order valence-corrected chi connectivity index (χ2v) is 17.4. The minimum absolute atomic E-state index is 0.251. The third kappa shape index (κ3) is 11.0. The van der Waals surface area contributed by atoms with Crippen LogP contribution in [0.4, 0.5) is 0 Å². The molecule has 0 unspecified atom stereocenters. The molecule has 40 heavy (non-hydrogen) atoms. The van der Waals surface area contributed by atoms with E-state index in [0.717, 1.165) is 0 Å². The van der Waals surface area contributed by atoms with Gasteiger partial charge in [-0.15, -0.1) is 0 Å². The molecule has 0 N–H and O–H groups in total. The van der Waals surface area contributed by atoms with Gasteiger partial charge in [0, 0.05) is 64.6 Å². The van der Waals surface area contributed by atoms with Gasteiger partial charge in [-0.05, 0) is 62.3 Å². The monoisotopic (exact) mass is 642 g/mol. The Balaban J connectivity index is 4.11. The Morgan fingerprint density at radius 2 is 0.600 bits per heavy atom. The van der Waals surface area contributed by atoms with Crippen LogP contribution in [0, 0.1) is 0 Å². The molecule has 0 saturated carbocycles. The normalized spacial score (nSPS) is 13.2. The maximum atomic E-state index is 6.88. The molecular formula is C24H50O12Si4. The van der Waals surface area contributed by atoms with Gasteiger partial charge >= 0.3 is 35.9 Å². The van der Waals surface area contributed by atoms with Crippen LogP contribution < -0.4 is 5.19 Å². The average molecular weight is 643 g/mol.